The van der Waals surface area contributed by atoms with Crippen molar-refractivity contribution in [2.75, 3.05) is 26.4 Å². The number of benzene rings is 1. The summed E-state index contributed by atoms with van der Waals surface area (Å²) >= 11 is 0. The molecule has 0 bridgehead atoms. The smallest absolute Gasteiger partial charge is 0.254 e. The number of piperidine rings is 1. The Hall–Kier alpha value is -2.12. The van der Waals surface area contributed by atoms with E-state index in [1.165, 1.54) is 6.26 Å². The average Bonchev–Trinajstić information content (AvgIpc) is 3.12. The first-order valence-corrected chi connectivity index (χ1v) is 11.2. The molecule has 27 heavy (non-hydrogen) atoms. The summed E-state index contributed by atoms with van der Waals surface area (Å²) in [5, 5.41) is 0. The molecule has 1 aromatic carbocycles. The van der Waals surface area contributed by atoms with Crippen LogP contribution >= 0.6 is 0 Å². The fourth-order valence-electron chi connectivity index (χ4n) is 3.51. The van der Waals surface area contributed by atoms with Crippen LogP contribution in [0.15, 0.2) is 47.1 Å². The van der Waals surface area contributed by atoms with E-state index >= 15 is 0 Å². The Morgan fingerprint density at radius 1 is 1.22 bits per heavy atom. The Kier molecular flexibility index (Phi) is 6.01. The summed E-state index contributed by atoms with van der Waals surface area (Å²) in [4.78, 5) is 17.4. The van der Waals surface area contributed by atoms with Gasteiger partial charge in [0.2, 0.25) is 0 Å². The van der Waals surface area contributed by atoms with Gasteiger partial charge in [0.15, 0.2) is 9.84 Å². The molecule has 0 N–H and O–H groups in total. The molecule has 2 heterocycles. The van der Waals surface area contributed by atoms with Crippen LogP contribution in [0.1, 0.15) is 34.5 Å². The van der Waals surface area contributed by atoms with Crippen LogP contribution in [0.3, 0.4) is 0 Å². The van der Waals surface area contributed by atoms with Gasteiger partial charge in [0.1, 0.15) is 5.76 Å². The quantitative estimate of drug-likeness (QED) is 0.758. The number of rotatable bonds is 6. The molecule has 3 rings (SSSR count). The van der Waals surface area contributed by atoms with Crippen LogP contribution in [0.2, 0.25) is 0 Å². The van der Waals surface area contributed by atoms with Crippen molar-refractivity contribution in [3.05, 3.63) is 59.5 Å². The van der Waals surface area contributed by atoms with Gasteiger partial charge in [-0.05, 0) is 62.8 Å². The number of likely N-dealkylation sites (tertiary alicyclic amines) is 1. The van der Waals surface area contributed by atoms with Gasteiger partial charge in [0, 0.05) is 17.9 Å². The number of carbonyl (C=O) groups excluding carboxylic acids is 1. The van der Waals surface area contributed by atoms with Gasteiger partial charge in [0.25, 0.3) is 5.91 Å². The summed E-state index contributed by atoms with van der Waals surface area (Å²) in [5.74, 6) is 0.589. The SMILES string of the molecule is CN1CCC(N(Cc2ccco2)C(=O)c2cccc(CS(C)(=O)=O)c2)CC1. The molecular weight excluding hydrogens is 364 g/mol. The lowest BCUT2D eigenvalue weighted by Gasteiger charge is -2.37. The number of hydrogen-bond donors (Lipinski definition) is 0. The average molecular weight is 391 g/mol. The molecule has 1 amide bonds. The van der Waals surface area contributed by atoms with E-state index in [-0.39, 0.29) is 17.7 Å². The maximum Gasteiger partial charge on any atom is 0.254 e. The summed E-state index contributed by atoms with van der Waals surface area (Å²) in [5.41, 5.74) is 1.14. The molecule has 7 heteroatoms. The molecular formula is C20H26N2O4S. The number of furan rings is 1. The van der Waals surface area contributed by atoms with Gasteiger partial charge in [-0.3, -0.25) is 4.79 Å². The number of carbonyl (C=O) groups is 1. The lowest BCUT2D eigenvalue weighted by atomic mass is 10.0. The Morgan fingerprint density at radius 2 is 1.96 bits per heavy atom. The first kappa shape index (κ1) is 19.6. The summed E-state index contributed by atoms with van der Waals surface area (Å²) in [6.07, 6.45) is 4.63. The predicted molar refractivity (Wildman–Crippen MR) is 104 cm³/mol. The summed E-state index contributed by atoms with van der Waals surface area (Å²) in [6.45, 7) is 2.30. The maximum absolute atomic E-state index is 13.3. The van der Waals surface area contributed by atoms with Gasteiger partial charge in [0.05, 0.1) is 18.6 Å². The Balaban J connectivity index is 1.85. The fraction of sp³-hybridized carbons (Fsp3) is 0.450. The van der Waals surface area contributed by atoms with Crippen LogP contribution in [0, 0.1) is 0 Å². The molecule has 146 valence electrons. The van der Waals surface area contributed by atoms with Crippen LogP contribution in [0.25, 0.3) is 0 Å². The molecule has 0 saturated carbocycles. The van der Waals surface area contributed by atoms with E-state index in [0.717, 1.165) is 31.7 Å². The van der Waals surface area contributed by atoms with Crippen LogP contribution in [0.5, 0.6) is 0 Å². The zero-order chi connectivity index (χ0) is 19.4. The van der Waals surface area contributed by atoms with Crippen molar-refractivity contribution in [3.63, 3.8) is 0 Å². The third-order valence-corrected chi connectivity index (χ3v) is 5.76. The molecule has 0 spiro atoms. The lowest BCUT2D eigenvalue weighted by Crippen LogP contribution is -2.46. The van der Waals surface area contributed by atoms with Gasteiger partial charge >= 0.3 is 0 Å². The maximum atomic E-state index is 13.3. The normalized spacial score (nSPS) is 16.4. The summed E-state index contributed by atoms with van der Waals surface area (Å²) in [7, 11) is -1.07. The van der Waals surface area contributed by atoms with E-state index < -0.39 is 9.84 Å². The van der Waals surface area contributed by atoms with Crippen molar-refractivity contribution < 1.29 is 17.6 Å². The van der Waals surface area contributed by atoms with Crippen LogP contribution in [-0.2, 0) is 22.1 Å². The highest BCUT2D eigenvalue weighted by molar-refractivity contribution is 7.89. The van der Waals surface area contributed by atoms with Crippen LogP contribution in [0.4, 0.5) is 0 Å². The molecule has 0 aliphatic carbocycles. The molecule has 6 nitrogen and oxygen atoms in total. The van der Waals surface area contributed by atoms with Crippen LogP contribution in [-0.4, -0.2) is 56.6 Å². The van der Waals surface area contributed by atoms with Crippen molar-refractivity contribution in [1.82, 2.24) is 9.80 Å². The van der Waals surface area contributed by atoms with Gasteiger partial charge in [-0.2, -0.15) is 0 Å². The third kappa shape index (κ3) is 5.43. The third-order valence-electron chi connectivity index (χ3n) is 4.90. The molecule has 1 aliphatic rings. The number of amides is 1. The van der Waals surface area contributed by atoms with Crippen molar-refractivity contribution in [2.24, 2.45) is 0 Å². The number of hydrogen-bond acceptors (Lipinski definition) is 5. The predicted octanol–water partition coefficient (Wildman–Crippen LogP) is 2.56. The monoisotopic (exact) mass is 390 g/mol. The highest BCUT2D eigenvalue weighted by atomic mass is 32.2. The second-order valence-corrected chi connectivity index (χ2v) is 9.46. The summed E-state index contributed by atoms with van der Waals surface area (Å²) < 4.78 is 28.7. The molecule has 1 aromatic heterocycles. The first-order chi connectivity index (χ1) is 12.8. The van der Waals surface area contributed by atoms with E-state index in [2.05, 4.69) is 11.9 Å². The van der Waals surface area contributed by atoms with Gasteiger partial charge in [-0.25, -0.2) is 8.42 Å². The minimum absolute atomic E-state index is 0.0689. The Morgan fingerprint density at radius 3 is 2.59 bits per heavy atom. The highest BCUT2D eigenvalue weighted by Crippen LogP contribution is 2.22. The topological polar surface area (TPSA) is 70.8 Å². The molecule has 1 aliphatic heterocycles. The zero-order valence-electron chi connectivity index (χ0n) is 15.8. The van der Waals surface area contributed by atoms with Crippen molar-refractivity contribution >= 4 is 15.7 Å². The summed E-state index contributed by atoms with van der Waals surface area (Å²) in [6, 6.07) is 10.7. The van der Waals surface area contributed by atoms with E-state index in [4.69, 9.17) is 4.42 Å². The standard InChI is InChI=1S/C20H26N2O4S/c1-21-10-8-18(9-11-21)22(14-19-7-4-12-26-19)20(23)17-6-3-5-16(13-17)15-27(2,24)25/h3-7,12-13,18H,8-11,14-15H2,1-2H3. The van der Waals surface area contributed by atoms with E-state index in [1.807, 2.05) is 17.0 Å². The minimum atomic E-state index is -3.15. The van der Waals surface area contributed by atoms with Crippen molar-refractivity contribution in [1.29, 1.82) is 0 Å². The van der Waals surface area contributed by atoms with Gasteiger partial charge < -0.3 is 14.2 Å². The highest BCUT2D eigenvalue weighted by Gasteiger charge is 2.28. The van der Waals surface area contributed by atoms with Crippen LogP contribution < -0.4 is 0 Å². The zero-order valence-corrected chi connectivity index (χ0v) is 16.6. The van der Waals surface area contributed by atoms with Crippen molar-refractivity contribution in [2.45, 2.75) is 31.2 Å². The van der Waals surface area contributed by atoms with E-state index in [1.54, 1.807) is 30.5 Å². The molecule has 2 aromatic rings. The Bertz CT molecular complexity index is 869. The van der Waals surface area contributed by atoms with E-state index in [9.17, 15) is 13.2 Å². The largest absolute Gasteiger partial charge is 0.467 e. The van der Waals surface area contributed by atoms with Gasteiger partial charge in [-0.15, -0.1) is 0 Å². The molecule has 0 radical (unpaired) electrons. The number of sulfone groups is 1. The fourth-order valence-corrected chi connectivity index (χ4v) is 4.29. The van der Waals surface area contributed by atoms with Gasteiger partial charge in [-0.1, -0.05) is 12.1 Å². The Labute approximate surface area is 160 Å². The molecule has 0 atom stereocenters. The second-order valence-electron chi connectivity index (χ2n) is 7.32. The molecule has 1 saturated heterocycles. The lowest BCUT2D eigenvalue weighted by molar-refractivity contribution is 0.0550. The first-order valence-electron chi connectivity index (χ1n) is 9.10. The van der Waals surface area contributed by atoms with Crippen molar-refractivity contribution in [3.8, 4) is 0 Å². The minimum Gasteiger partial charge on any atom is -0.467 e. The molecule has 1 fully saturated rings. The molecule has 0 unspecified atom stereocenters. The van der Waals surface area contributed by atoms with E-state index in [0.29, 0.717) is 17.7 Å². The number of nitrogens with zero attached hydrogens (tertiary/aromatic N) is 2. The second kappa shape index (κ2) is 8.27.